The van der Waals surface area contributed by atoms with Crippen molar-refractivity contribution in [1.29, 1.82) is 0 Å². The van der Waals surface area contributed by atoms with Crippen LogP contribution in [0.1, 0.15) is 52.5 Å². The molecular formula is C29H32N2O3S. The van der Waals surface area contributed by atoms with Gasteiger partial charge in [0.2, 0.25) is 0 Å². The van der Waals surface area contributed by atoms with Crippen LogP contribution in [0.4, 0.5) is 0 Å². The molecule has 1 atom stereocenters. The summed E-state index contributed by atoms with van der Waals surface area (Å²) in [5, 5.41) is 12.9. The monoisotopic (exact) mass is 488 g/mol. The number of likely N-dealkylation sites (tertiary alicyclic amines) is 1. The molecule has 1 aliphatic heterocycles. The van der Waals surface area contributed by atoms with Gasteiger partial charge in [0.05, 0.1) is 0 Å². The van der Waals surface area contributed by atoms with Crippen molar-refractivity contribution in [1.82, 2.24) is 9.47 Å². The first-order valence-electron chi connectivity index (χ1n) is 12.4. The molecule has 6 heteroatoms. The molecule has 4 aromatic rings. The first-order chi connectivity index (χ1) is 17.1. The molecule has 1 N–H and O–H groups in total. The van der Waals surface area contributed by atoms with Crippen molar-refractivity contribution in [3.05, 3.63) is 88.2 Å². The third-order valence-electron chi connectivity index (χ3n) is 7.13. The molecule has 0 saturated carbocycles. The first-order valence-corrected chi connectivity index (χ1v) is 13.3. The van der Waals surface area contributed by atoms with Crippen LogP contribution in [0.25, 0.3) is 10.9 Å². The van der Waals surface area contributed by atoms with Gasteiger partial charge in [-0.1, -0.05) is 36.4 Å². The van der Waals surface area contributed by atoms with E-state index in [2.05, 4.69) is 64.4 Å². The number of carboxylic acids is 1. The van der Waals surface area contributed by atoms with Crippen LogP contribution < -0.4 is 4.74 Å². The standard InChI is InChI=1S/C29H32N2O3S/c1-21(19-23-7-6-18-35-23)31-20-26(24-8-2-4-10-27(24)31)22-12-14-30(15-13-22)16-17-34-28-11-5-3-9-25(28)29(32)33/h2-11,18,20-22H,12-17,19H2,1H3,(H,32,33). The van der Waals surface area contributed by atoms with Crippen LogP contribution in [0, 0.1) is 0 Å². The van der Waals surface area contributed by atoms with E-state index in [1.54, 1.807) is 18.2 Å². The second-order valence-electron chi connectivity index (χ2n) is 9.41. The number of ether oxygens (including phenoxy) is 1. The van der Waals surface area contributed by atoms with Gasteiger partial charge in [0, 0.05) is 41.0 Å². The maximum atomic E-state index is 11.4. The number of thiophene rings is 1. The number of piperidine rings is 1. The molecule has 35 heavy (non-hydrogen) atoms. The fourth-order valence-electron chi connectivity index (χ4n) is 5.26. The highest BCUT2D eigenvalue weighted by atomic mass is 32.1. The van der Waals surface area contributed by atoms with Crippen molar-refractivity contribution in [2.75, 3.05) is 26.2 Å². The van der Waals surface area contributed by atoms with Gasteiger partial charge in [-0.25, -0.2) is 4.79 Å². The SMILES string of the molecule is CC(Cc1cccs1)n1cc(C2CCN(CCOc3ccccc3C(=O)O)CC2)c2ccccc21. The summed E-state index contributed by atoms with van der Waals surface area (Å²) in [6.07, 6.45) is 5.71. The second kappa shape index (κ2) is 10.7. The minimum absolute atomic E-state index is 0.218. The number of carbonyl (C=O) groups is 1. The number of para-hydroxylation sites is 2. The molecule has 0 spiro atoms. The van der Waals surface area contributed by atoms with E-state index in [0.29, 0.717) is 24.3 Å². The fraction of sp³-hybridized carbons (Fsp3) is 0.345. The maximum Gasteiger partial charge on any atom is 0.339 e. The van der Waals surface area contributed by atoms with E-state index in [0.717, 1.165) is 38.9 Å². The molecule has 0 radical (unpaired) electrons. The van der Waals surface area contributed by atoms with Gasteiger partial charge < -0.3 is 14.4 Å². The molecule has 0 amide bonds. The third-order valence-corrected chi connectivity index (χ3v) is 8.03. The topological polar surface area (TPSA) is 54.7 Å². The van der Waals surface area contributed by atoms with Crippen LogP contribution in [0.15, 0.2) is 72.2 Å². The lowest BCUT2D eigenvalue weighted by molar-refractivity contribution is 0.0691. The van der Waals surface area contributed by atoms with E-state index in [1.165, 1.54) is 21.3 Å². The Morgan fingerprint density at radius 3 is 2.63 bits per heavy atom. The number of aromatic carboxylic acids is 1. The van der Waals surface area contributed by atoms with Gasteiger partial charge in [-0.2, -0.15) is 0 Å². The van der Waals surface area contributed by atoms with E-state index in [9.17, 15) is 9.90 Å². The lowest BCUT2D eigenvalue weighted by Gasteiger charge is -2.31. The van der Waals surface area contributed by atoms with Crippen molar-refractivity contribution in [2.24, 2.45) is 0 Å². The van der Waals surface area contributed by atoms with Gasteiger partial charge in [-0.15, -0.1) is 11.3 Å². The van der Waals surface area contributed by atoms with Crippen molar-refractivity contribution >= 4 is 28.2 Å². The Bertz CT molecular complexity index is 1270. The quantitative estimate of drug-likeness (QED) is 0.294. The highest BCUT2D eigenvalue weighted by Crippen LogP contribution is 2.36. The Hall–Kier alpha value is -3.09. The zero-order chi connectivity index (χ0) is 24.2. The lowest BCUT2D eigenvalue weighted by Crippen LogP contribution is -2.35. The number of hydrogen-bond acceptors (Lipinski definition) is 4. The molecule has 0 aliphatic carbocycles. The molecule has 2 aromatic carbocycles. The van der Waals surface area contributed by atoms with E-state index in [1.807, 2.05) is 17.4 Å². The minimum Gasteiger partial charge on any atom is -0.491 e. The molecular weight excluding hydrogens is 456 g/mol. The molecule has 1 fully saturated rings. The Morgan fingerprint density at radius 2 is 1.86 bits per heavy atom. The van der Waals surface area contributed by atoms with Gasteiger partial charge in [0.15, 0.2) is 0 Å². The van der Waals surface area contributed by atoms with Crippen molar-refractivity contribution in [3.63, 3.8) is 0 Å². The largest absolute Gasteiger partial charge is 0.491 e. The highest BCUT2D eigenvalue weighted by molar-refractivity contribution is 7.09. The zero-order valence-electron chi connectivity index (χ0n) is 20.1. The molecule has 182 valence electrons. The molecule has 5 rings (SSSR count). The lowest BCUT2D eigenvalue weighted by atomic mass is 9.89. The highest BCUT2D eigenvalue weighted by Gasteiger charge is 2.25. The summed E-state index contributed by atoms with van der Waals surface area (Å²) in [4.78, 5) is 15.2. The summed E-state index contributed by atoms with van der Waals surface area (Å²) < 4.78 is 8.29. The smallest absolute Gasteiger partial charge is 0.339 e. The van der Waals surface area contributed by atoms with Gasteiger partial charge in [0.1, 0.15) is 17.9 Å². The first kappa shape index (κ1) is 23.6. The van der Waals surface area contributed by atoms with Crippen molar-refractivity contribution in [3.8, 4) is 5.75 Å². The van der Waals surface area contributed by atoms with Crippen LogP contribution in [-0.2, 0) is 6.42 Å². The van der Waals surface area contributed by atoms with Crippen molar-refractivity contribution < 1.29 is 14.6 Å². The summed E-state index contributed by atoms with van der Waals surface area (Å²) >= 11 is 1.84. The number of carboxylic acid groups (broad SMARTS) is 1. The minimum atomic E-state index is -0.953. The van der Waals surface area contributed by atoms with Crippen LogP contribution >= 0.6 is 11.3 Å². The third kappa shape index (κ3) is 5.29. The maximum absolute atomic E-state index is 11.4. The molecule has 1 saturated heterocycles. The van der Waals surface area contributed by atoms with Crippen LogP contribution in [0.3, 0.4) is 0 Å². The predicted molar refractivity (Wildman–Crippen MR) is 142 cm³/mol. The van der Waals surface area contributed by atoms with E-state index >= 15 is 0 Å². The van der Waals surface area contributed by atoms with Gasteiger partial charge in [-0.05, 0) is 74.0 Å². The molecule has 5 nitrogen and oxygen atoms in total. The van der Waals surface area contributed by atoms with Gasteiger partial charge >= 0.3 is 5.97 Å². The molecule has 1 aliphatic rings. The normalized spacial score (nSPS) is 15.9. The predicted octanol–water partition coefficient (Wildman–Crippen LogP) is 6.46. The van der Waals surface area contributed by atoms with Crippen molar-refractivity contribution in [2.45, 2.75) is 38.1 Å². The fourth-order valence-corrected chi connectivity index (χ4v) is 6.09. The Balaban J connectivity index is 1.21. The zero-order valence-corrected chi connectivity index (χ0v) is 20.9. The summed E-state index contributed by atoms with van der Waals surface area (Å²) in [6.45, 7) is 5.67. The van der Waals surface area contributed by atoms with E-state index in [4.69, 9.17) is 4.74 Å². The second-order valence-corrected chi connectivity index (χ2v) is 10.4. The molecule has 1 unspecified atom stereocenters. The summed E-state index contributed by atoms with van der Waals surface area (Å²) in [5.41, 5.74) is 3.03. The number of hydrogen-bond donors (Lipinski definition) is 1. The Labute approximate surface area is 210 Å². The molecule has 0 bridgehead atoms. The molecule has 2 aromatic heterocycles. The molecule has 3 heterocycles. The van der Waals surface area contributed by atoms with E-state index < -0.39 is 5.97 Å². The number of aromatic nitrogens is 1. The summed E-state index contributed by atoms with van der Waals surface area (Å²) in [5.74, 6) is 0.0460. The average molecular weight is 489 g/mol. The summed E-state index contributed by atoms with van der Waals surface area (Å²) in [6, 6.07) is 20.5. The van der Waals surface area contributed by atoms with Crippen LogP contribution in [0.2, 0.25) is 0 Å². The number of nitrogens with zero attached hydrogens (tertiary/aromatic N) is 2. The Kier molecular flexibility index (Phi) is 7.21. The van der Waals surface area contributed by atoms with Gasteiger partial charge in [0.25, 0.3) is 0 Å². The number of benzene rings is 2. The number of fused-ring (bicyclic) bond motifs is 1. The van der Waals surface area contributed by atoms with E-state index in [-0.39, 0.29) is 5.56 Å². The number of rotatable bonds is 9. The van der Waals surface area contributed by atoms with Crippen LogP contribution in [0.5, 0.6) is 5.75 Å². The average Bonchev–Trinajstić information content (AvgIpc) is 3.53. The van der Waals surface area contributed by atoms with Crippen LogP contribution in [-0.4, -0.2) is 46.8 Å². The Morgan fingerprint density at radius 1 is 1.09 bits per heavy atom. The summed E-state index contributed by atoms with van der Waals surface area (Å²) in [7, 11) is 0. The van der Waals surface area contributed by atoms with Gasteiger partial charge in [-0.3, -0.25) is 4.90 Å².